The van der Waals surface area contributed by atoms with E-state index in [-0.39, 0.29) is 11.5 Å². The van der Waals surface area contributed by atoms with E-state index in [1.165, 1.54) is 0 Å². The summed E-state index contributed by atoms with van der Waals surface area (Å²) in [4.78, 5) is 10.8. The maximum atomic E-state index is 10.8. The molecule has 0 amide bonds. The van der Waals surface area contributed by atoms with Crippen LogP contribution in [0, 0.1) is 5.41 Å². The Morgan fingerprint density at radius 2 is 2.33 bits per heavy atom. The fourth-order valence-electron chi connectivity index (χ4n) is 1.15. The lowest BCUT2D eigenvalue weighted by molar-refractivity contribution is -0.149. The third-order valence-electron chi connectivity index (χ3n) is 2.32. The molecule has 68 valence electrons. The molecular formula is C9H14O3. The third kappa shape index (κ3) is 1.50. The zero-order valence-corrected chi connectivity index (χ0v) is 7.41. The highest BCUT2D eigenvalue weighted by Crippen LogP contribution is 2.32. The van der Waals surface area contributed by atoms with Gasteiger partial charge in [-0.3, -0.25) is 0 Å². The van der Waals surface area contributed by atoms with E-state index in [0.717, 1.165) is 0 Å². The summed E-state index contributed by atoms with van der Waals surface area (Å²) in [5.74, 6) is -0.519. The van der Waals surface area contributed by atoms with Gasteiger partial charge in [-0.1, -0.05) is 19.9 Å². The summed E-state index contributed by atoms with van der Waals surface area (Å²) in [5.41, 5.74) is -0.257. The van der Waals surface area contributed by atoms with E-state index in [0.29, 0.717) is 6.42 Å². The van der Waals surface area contributed by atoms with Gasteiger partial charge >= 0.3 is 5.97 Å². The van der Waals surface area contributed by atoms with Crippen molar-refractivity contribution in [3.05, 3.63) is 12.7 Å². The van der Waals surface area contributed by atoms with E-state index in [2.05, 4.69) is 6.58 Å². The van der Waals surface area contributed by atoms with Crippen molar-refractivity contribution >= 4 is 5.97 Å². The monoisotopic (exact) mass is 170 g/mol. The Balaban J connectivity index is 2.69. The van der Waals surface area contributed by atoms with Gasteiger partial charge in [0.25, 0.3) is 0 Å². The number of hydrogen-bond donors (Lipinski definition) is 1. The maximum absolute atomic E-state index is 10.8. The van der Waals surface area contributed by atoms with Crippen LogP contribution in [0.4, 0.5) is 0 Å². The first-order valence-corrected chi connectivity index (χ1v) is 3.99. The van der Waals surface area contributed by atoms with Crippen molar-refractivity contribution in [3.63, 3.8) is 0 Å². The average molecular weight is 170 g/mol. The van der Waals surface area contributed by atoms with Crippen molar-refractivity contribution in [2.75, 3.05) is 0 Å². The van der Waals surface area contributed by atoms with Crippen LogP contribution in [-0.4, -0.2) is 23.3 Å². The maximum Gasteiger partial charge on any atom is 0.335 e. The first-order valence-electron chi connectivity index (χ1n) is 3.99. The first-order chi connectivity index (χ1) is 5.47. The molecule has 3 nitrogen and oxygen atoms in total. The summed E-state index contributed by atoms with van der Waals surface area (Å²) >= 11 is 0. The summed E-state index contributed by atoms with van der Waals surface area (Å²) < 4.78 is 4.97. The molecule has 0 spiro atoms. The first kappa shape index (κ1) is 9.26. The lowest BCUT2D eigenvalue weighted by Crippen LogP contribution is -2.26. The van der Waals surface area contributed by atoms with E-state index in [1.807, 2.05) is 13.8 Å². The topological polar surface area (TPSA) is 46.5 Å². The molecule has 0 aromatic carbocycles. The SMILES string of the molecule is C=CC(C)(C)[C@H]1C[C@H](O)C(=O)O1. The van der Waals surface area contributed by atoms with Gasteiger partial charge in [0.05, 0.1) is 0 Å². The molecule has 0 unspecified atom stereocenters. The molecule has 1 heterocycles. The van der Waals surface area contributed by atoms with Gasteiger partial charge in [0.15, 0.2) is 6.10 Å². The third-order valence-corrected chi connectivity index (χ3v) is 2.32. The molecule has 1 aliphatic heterocycles. The minimum Gasteiger partial charge on any atom is -0.459 e. The number of aliphatic hydroxyl groups is 1. The molecule has 0 aliphatic carbocycles. The van der Waals surface area contributed by atoms with Crippen LogP contribution >= 0.6 is 0 Å². The molecule has 3 heteroatoms. The lowest BCUT2D eigenvalue weighted by Gasteiger charge is -2.25. The number of carbonyl (C=O) groups excluding carboxylic acids is 1. The van der Waals surface area contributed by atoms with Crippen LogP contribution in [0.2, 0.25) is 0 Å². The predicted molar refractivity (Wildman–Crippen MR) is 44.5 cm³/mol. The van der Waals surface area contributed by atoms with Crippen molar-refractivity contribution < 1.29 is 14.6 Å². The van der Waals surface area contributed by atoms with Crippen LogP contribution in [0.15, 0.2) is 12.7 Å². The van der Waals surface area contributed by atoms with Crippen LogP contribution in [0.5, 0.6) is 0 Å². The van der Waals surface area contributed by atoms with Crippen molar-refractivity contribution in [1.29, 1.82) is 0 Å². The molecule has 2 atom stereocenters. The smallest absolute Gasteiger partial charge is 0.335 e. The molecule has 0 aromatic heterocycles. The van der Waals surface area contributed by atoms with Crippen molar-refractivity contribution in [2.45, 2.75) is 32.5 Å². The second kappa shape index (κ2) is 2.90. The summed E-state index contributed by atoms with van der Waals surface area (Å²) in [5, 5.41) is 9.12. The van der Waals surface area contributed by atoms with Gasteiger partial charge in [0, 0.05) is 11.8 Å². The van der Waals surface area contributed by atoms with Crippen LogP contribution in [0.3, 0.4) is 0 Å². The standard InChI is InChI=1S/C9H14O3/c1-4-9(2,3)7-5-6(10)8(11)12-7/h4,6-7,10H,1,5H2,2-3H3/t6-,7+/m0/s1. The minimum atomic E-state index is -0.950. The Bertz CT molecular complexity index is 208. The molecule has 0 bridgehead atoms. The molecule has 1 N–H and O–H groups in total. The second-order valence-corrected chi connectivity index (χ2v) is 3.70. The van der Waals surface area contributed by atoms with Gasteiger partial charge in [0.2, 0.25) is 0 Å². The number of ether oxygens (including phenoxy) is 1. The number of carbonyl (C=O) groups is 1. The molecule has 12 heavy (non-hydrogen) atoms. The van der Waals surface area contributed by atoms with Gasteiger partial charge in [-0.15, -0.1) is 6.58 Å². The molecule has 0 radical (unpaired) electrons. The fraction of sp³-hybridized carbons (Fsp3) is 0.667. The molecule has 1 saturated heterocycles. The van der Waals surface area contributed by atoms with E-state index in [9.17, 15) is 4.79 Å². The largest absolute Gasteiger partial charge is 0.459 e. The van der Waals surface area contributed by atoms with Crippen LogP contribution < -0.4 is 0 Å². The normalized spacial score (nSPS) is 30.1. The molecule has 1 fully saturated rings. The van der Waals surface area contributed by atoms with Gasteiger partial charge in [-0.05, 0) is 0 Å². The Kier molecular flexibility index (Phi) is 2.24. The Morgan fingerprint density at radius 3 is 2.67 bits per heavy atom. The van der Waals surface area contributed by atoms with Crippen molar-refractivity contribution in [2.24, 2.45) is 5.41 Å². The molecular weight excluding hydrogens is 156 g/mol. The second-order valence-electron chi connectivity index (χ2n) is 3.70. The Labute approximate surface area is 72.0 Å². The summed E-state index contributed by atoms with van der Waals surface area (Å²) in [6.45, 7) is 7.51. The van der Waals surface area contributed by atoms with Gasteiger partial charge < -0.3 is 9.84 Å². The zero-order valence-electron chi connectivity index (χ0n) is 7.41. The lowest BCUT2D eigenvalue weighted by atomic mass is 9.85. The van der Waals surface area contributed by atoms with E-state index in [4.69, 9.17) is 9.84 Å². The molecule has 0 saturated carbocycles. The highest BCUT2D eigenvalue weighted by molar-refractivity contribution is 5.76. The van der Waals surface area contributed by atoms with E-state index >= 15 is 0 Å². The molecule has 1 aliphatic rings. The molecule has 1 rings (SSSR count). The zero-order chi connectivity index (χ0) is 9.35. The van der Waals surface area contributed by atoms with E-state index in [1.54, 1.807) is 6.08 Å². The summed E-state index contributed by atoms with van der Waals surface area (Å²) in [6, 6.07) is 0. The van der Waals surface area contributed by atoms with Crippen molar-refractivity contribution in [3.8, 4) is 0 Å². The summed E-state index contributed by atoms with van der Waals surface area (Å²) in [6.07, 6.45) is 0.924. The number of hydrogen-bond acceptors (Lipinski definition) is 3. The number of aliphatic hydroxyl groups excluding tert-OH is 1. The highest BCUT2D eigenvalue weighted by Gasteiger charge is 2.40. The highest BCUT2D eigenvalue weighted by atomic mass is 16.6. The number of rotatable bonds is 2. The van der Waals surface area contributed by atoms with Crippen LogP contribution in [0.25, 0.3) is 0 Å². The average Bonchev–Trinajstić information content (AvgIpc) is 2.33. The Morgan fingerprint density at radius 1 is 1.75 bits per heavy atom. The summed E-state index contributed by atoms with van der Waals surface area (Å²) in [7, 11) is 0. The van der Waals surface area contributed by atoms with Crippen LogP contribution in [0.1, 0.15) is 20.3 Å². The minimum absolute atomic E-state index is 0.238. The number of esters is 1. The quantitative estimate of drug-likeness (QED) is 0.494. The Hall–Kier alpha value is -0.830. The van der Waals surface area contributed by atoms with Gasteiger partial charge in [-0.2, -0.15) is 0 Å². The number of cyclic esters (lactones) is 1. The fourth-order valence-corrected chi connectivity index (χ4v) is 1.15. The van der Waals surface area contributed by atoms with Gasteiger partial charge in [0.1, 0.15) is 6.10 Å². The van der Waals surface area contributed by atoms with Crippen molar-refractivity contribution in [1.82, 2.24) is 0 Å². The van der Waals surface area contributed by atoms with Crippen LogP contribution in [-0.2, 0) is 9.53 Å². The predicted octanol–water partition coefficient (Wildman–Crippen LogP) is 0.875. The molecule has 0 aromatic rings. The van der Waals surface area contributed by atoms with Gasteiger partial charge in [-0.25, -0.2) is 4.79 Å². The van der Waals surface area contributed by atoms with E-state index < -0.39 is 12.1 Å².